The second kappa shape index (κ2) is 5.96. The van der Waals surface area contributed by atoms with Crippen molar-refractivity contribution >= 4 is 23.4 Å². The van der Waals surface area contributed by atoms with Crippen LogP contribution in [0.5, 0.6) is 0 Å². The van der Waals surface area contributed by atoms with Gasteiger partial charge in [0.2, 0.25) is 0 Å². The molecule has 0 spiro atoms. The fraction of sp³-hybridized carbons (Fsp3) is 0.462. The van der Waals surface area contributed by atoms with Crippen molar-refractivity contribution in [3.63, 3.8) is 0 Å². The number of carbonyl (C=O) groups is 1. The number of piperazine rings is 1. The lowest BCUT2D eigenvalue weighted by Crippen LogP contribution is -2.49. The van der Waals surface area contributed by atoms with Gasteiger partial charge in [-0.1, -0.05) is 17.7 Å². The van der Waals surface area contributed by atoms with Crippen LogP contribution in [0, 0.1) is 0 Å². The van der Waals surface area contributed by atoms with Gasteiger partial charge in [-0.2, -0.15) is 0 Å². The van der Waals surface area contributed by atoms with Crippen molar-refractivity contribution in [1.82, 2.24) is 4.90 Å². The molecule has 2 rings (SSSR count). The van der Waals surface area contributed by atoms with E-state index in [0.717, 1.165) is 23.8 Å². The molecular formula is C13H17ClN2O2. The van der Waals surface area contributed by atoms with E-state index in [9.17, 15) is 4.79 Å². The molecular weight excluding hydrogens is 252 g/mol. The molecule has 1 saturated heterocycles. The van der Waals surface area contributed by atoms with E-state index in [1.165, 1.54) is 0 Å². The molecule has 0 aromatic heterocycles. The summed E-state index contributed by atoms with van der Waals surface area (Å²) in [4.78, 5) is 15.5. The third kappa shape index (κ3) is 3.07. The quantitative estimate of drug-likeness (QED) is 0.827. The summed E-state index contributed by atoms with van der Waals surface area (Å²) in [7, 11) is 0. The zero-order valence-corrected chi connectivity index (χ0v) is 11.2. The van der Waals surface area contributed by atoms with Crippen LogP contribution in [0.3, 0.4) is 0 Å². The first-order valence-corrected chi connectivity index (χ1v) is 6.50. The molecule has 0 atom stereocenters. The molecule has 1 aliphatic heterocycles. The van der Waals surface area contributed by atoms with Crippen LogP contribution in [0.15, 0.2) is 24.3 Å². The van der Waals surface area contributed by atoms with Gasteiger partial charge in [0.15, 0.2) is 0 Å². The van der Waals surface area contributed by atoms with Crippen molar-refractivity contribution in [2.45, 2.75) is 6.92 Å². The second-order valence-electron chi connectivity index (χ2n) is 4.15. The lowest BCUT2D eigenvalue weighted by atomic mass is 10.2. The lowest BCUT2D eigenvalue weighted by molar-refractivity contribution is 0.105. The molecule has 0 bridgehead atoms. The average Bonchev–Trinajstić information content (AvgIpc) is 2.39. The Labute approximate surface area is 112 Å². The fourth-order valence-corrected chi connectivity index (χ4v) is 2.22. The molecule has 0 N–H and O–H groups in total. The number of nitrogens with zero attached hydrogens (tertiary/aromatic N) is 2. The van der Waals surface area contributed by atoms with Crippen molar-refractivity contribution in [1.29, 1.82) is 0 Å². The Bertz CT molecular complexity index is 417. The Kier molecular flexibility index (Phi) is 4.31. The number of rotatable bonds is 2. The summed E-state index contributed by atoms with van der Waals surface area (Å²) in [6.45, 7) is 5.22. The largest absolute Gasteiger partial charge is 0.450 e. The number of ether oxygens (including phenoxy) is 1. The molecule has 1 amide bonds. The van der Waals surface area contributed by atoms with E-state index in [1.807, 2.05) is 31.2 Å². The SMILES string of the molecule is CCOC(=O)N1CCN(c2cccc(Cl)c2)CC1. The predicted molar refractivity (Wildman–Crippen MR) is 72.3 cm³/mol. The van der Waals surface area contributed by atoms with Crippen LogP contribution in [-0.4, -0.2) is 43.8 Å². The van der Waals surface area contributed by atoms with Crippen LogP contribution in [0.2, 0.25) is 5.02 Å². The van der Waals surface area contributed by atoms with E-state index in [0.29, 0.717) is 19.7 Å². The van der Waals surface area contributed by atoms with Gasteiger partial charge in [-0.25, -0.2) is 4.79 Å². The summed E-state index contributed by atoms with van der Waals surface area (Å²) in [5, 5.41) is 0.736. The average molecular weight is 269 g/mol. The smallest absolute Gasteiger partial charge is 0.409 e. The van der Waals surface area contributed by atoms with Gasteiger partial charge in [0.25, 0.3) is 0 Å². The highest BCUT2D eigenvalue weighted by Gasteiger charge is 2.21. The summed E-state index contributed by atoms with van der Waals surface area (Å²) in [6, 6.07) is 7.78. The van der Waals surface area contributed by atoms with Gasteiger partial charge >= 0.3 is 6.09 Å². The minimum Gasteiger partial charge on any atom is -0.450 e. The van der Waals surface area contributed by atoms with E-state index < -0.39 is 0 Å². The molecule has 1 aromatic carbocycles. The Morgan fingerprint density at radius 3 is 2.67 bits per heavy atom. The molecule has 1 fully saturated rings. The maximum atomic E-state index is 11.6. The predicted octanol–water partition coefficient (Wildman–Crippen LogP) is 2.62. The van der Waals surface area contributed by atoms with Crippen LogP contribution in [0.1, 0.15) is 6.92 Å². The molecule has 1 aromatic rings. The summed E-state index contributed by atoms with van der Waals surface area (Å²) < 4.78 is 4.99. The van der Waals surface area contributed by atoms with Crippen molar-refractivity contribution in [3.05, 3.63) is 29.3 Å². The topological polar surface area (TPSA) is 32.8 Å². The van der Waals surface area contributed by atoms with Crippen molar-refractivity contribution < 1.29 is 9.53 Å². The van der Waals surface area contributed by atoms with Gasteiger partial charge in [0.05, 0.1) is 6.61 Å². The third-order valence-corrected chi connectivity index (χ3v) is 3.21. The number of amides is 1. The third-order valence-electron chi connectivity index (χ3n) is 2.98. The Balaban J connectivity index is 1.92. The molecule has 0 radical (unpaired) electrons. The number of carbonyl (C=O) groups excluding carboxylic acids is 1. The number of hydrogen-bond acceptors (Lipinski definition) is 3. The molecule has 18 heavy (non-hydrogen) atoms. The Hall–Kier alpha value is -1.42. The first kappa shape index (κ1) is 13.0. The monoisotopic (exact) mass is 268 g/mol. The van der Waals surface area contributed by atoms with E-state index in [1.54, 1.807) is 4.90 Å². The van der Waals surface area contributed by atoms with E-state index in [-0.39, 0.29) is 6.09 Å². The highest BCUT2D eigenvalue weighted by atomic mass is 35.5. The molecule has 4 nitrogen and oxygen atoms in total. The molecule has 0 saturated carbocycles. The number of benzene rings is 1. The van der Waals surface area contributed by atoms with Crippen LogP contribution in [0.4, 0.5) is 10.5 Å². The molecule has 1 aliphatic rings. The van der Waals surface area contributed by atoms with Crippen molar-refractivity contribution in [3.8, 4) is 0 Å². The standard InChI is InChI=1S/C13H17ClN2O2/c1-2-18-13(17)16-8-6-15(7-9-16)12-5-3-4-11(14)10-12/h3-5,10H,2,6-9H2,1H3. The number of anilines is 1. The summed E-state index contributed by atoms with van der Waals surface area (Å²) >= 11 is 5.97. The van der Waals surface area contributed by atoms with Crippen LogP contribution in [0.25, 0.3) is 0 Å². The van der Waals surface area contributed by atoms with Gasteiger partial charge in [-0.15, -0.1) is 0 Å². The van der Waals surface area contributed by atoms with Crippen molar-refractivity contribution in [2.24, 2.45) is 0 Å². The van der Waals surface area contributed by atoms with Gasteiger partial charge in [0.1, 0.15) is 0 Å². The first-order valence-electron chi connectivity index (χ1n) is 6.13. The van der Waals surface area contributed by atoms with Crippen LogP contribution >= 0.6 is 11.6 Å². The first-order chi connectivity index (χ1) is 8.70. The highest BCUT2D eigenvalue weighted by Crippen LogP contribution is 2.20. The minimum absolute atomic E-state index is 0.219. The maximum Gasteiger partial charge on any atom is 0.409 e. The summed E-state index contributed by atoms with van der Waals surface area (Å²) in [5.41, 5.74) is 1.10. The maximum absolute atomic E-state index is 11.6. The second-order valence-corrected chi connectivity index (χ2v) is 4.59. The molecule has 0 unspecified atom stereocenters. The van der Waals surface area contributed by atoms with Crippen LogP contribution in [-0.2, 0) is 4.74 Å². The van der Waals surface area contributed by atoms with Crippen LogP contribution < -0.4 is 4.90 Å². The number of hydrogen-bond donors (Lipinski definition) is 0. The molecule has 98 valence electrons. The Morgan fingerprint density at radius 1 is 1.33 bits per heavy atom. The van der Waals surface area contributed by atoms with Gasteiger partial charge in [-0.05, 0) is 25.1 Å². The molecule has 5 heteroatoms. The van der Waals surface area contributed by atoms with Gasteiger partial charge in [0, 0.05) is 36.9 Å². The van der Waals surface area contributed by atoms with E-state index >= 15 is 0 Å². The lowest BCUT2D eigenvalue weighted by Gasteiger charge is -2.35. The highest BCUT2D eigenvalue weighted by molar-refractivity contribution is 6.30. The Morgan fingerprint density at radius 2 is 2.06 bits per heavy atom. The van der Waals surface area contributed by atoms with Gasteiger partial charge < -0.3 is 14.5 Å². The summed E-state index contributed by atoms with van der Waals surface area (Å²) in [6.07, 6.45) is -0.219. The fourth-order valence-electron chi connectivity index (χ4n) is 2.03. The zero-order valence-electron chi connectivity index (χ0n) is 10.4. The summed E-state index contributed by atoms with van der Waals surface area (Å²) in [5.74, 6) is 0. The van der Waals surface area contributed by atoms with Crippen molar-refractivity contribution in [2.75, 3.05) is 37.7 Å². The normalized spacial score (nSPS) is 15.7. The number of halogens is 1. The van der Waals surface area contributed by atoms with E-state index in [4.69, 9.17) is 16.3 Å². The minimum atomic E-state index is -0.219. The zero-order chi connectivity index (χ0) is 13.0. The molecule has 0 aliphatic carbocycles. The van der Waals surface area contributed by atoms with E-state index in [2.05, 4.69) is 4.90 Å². The molecule has 1 heterocycles. The van der Waals surface area contributed by atoms with Gasteiger partial charge in [-0.3, -0.25) is 0 Å².